The maximum atomic E-state index is 12.2. The van der Waals surface area contributed by atoms with Gasteiger partial charge in [-0.2, -0.15) is 0 Å². The van der Waals surface area contributed by atoms with E-state index in [0.29, 0.717) is 12.2 Å². The summed E-state index contributed by atoms with van der Waals surface area (Å²) in [6.07, 6.45) is 0.437. The van der Waals surface area contributed by atoms with Crippen LogP contribution in [0.4, 0.5) is 23.0 Å². The Balaban J connectivity index is 1.57. The minimum atomic E-state index is -3.50. The van der Waals surface area contributed by atoms with Gasteiger partial charge in [-0.3, -0.25) is 4.72 Å². The third kappa shape index (κ3) is 5.68. The molecule has 2 N–H and O–H groups in total. The summed E-state index contributed by atoms with van der Waals surface area (Å²) in [7, 11) is 0.464. The lowest BCUT2D eigenvalue weighted by atomic mass is 10.2. The normalized spacial score (nSPS) is 11.1. The van der Waals surface area contributed by atoms with Crippen molar-refractivity contribution in [2.24, 2.45) is 0 Å². The standard InChI is InChI=1S/C20H23N5O2S/c1-25(2)18-10-8-17(9-11-18)21-19-12-13-20(23-22-19)24-28(26,27)15-14-16-6-4-3-5-7-16/h3-13H,14-15H2,1-2H3,(H,21,22)(H,23,24). The highest BCUT2D eigenvalue weighted by Crippen LogP contribution is 2.19. The fourth-order valence-electron chi connectivity index (χ4n) is 2.55. The zero-order valence-electron chi connectivity index (χ0n) is 15.8. The highest BCUT2D eigenvalue weighted by Gasteiger charge is 2.12. The second-order valence-electron chi connectivity index (χ2n) is 6.53. The Morgan fingerprint density at radius 2 is 1.50 bits per heavy atom. The van der Waals surface area contributed by atoms with Gasteiger partial charge in [-0.25, -0.2) is 8.42 Å². The zero-order chi connectivity index (χ0) is 20.0. The number of rotatable bonds is 8. The summed E-state index contributed by atoms with van der Waals surface area (Å²) in [6.45, 7) is 0. The summed E-state index contributed by atoms with van der Waals surface area (Å²) in [5, 5.41) is 11.1. The summed E-state index contributed by atoms with van der Waals surface area (Å²) in [6, 6.07) is 20.6. The third-order valence-electron chi connectivity index (χ3n) is 4.08. The predicted octanol–water partition coefficient (Wildman–Crippen LogP) is 3.27. The van der Waals surface area contributed by atoms with Crippen molar-refractivity contribution >= 4 is 33.0 Å². The summed E-state index contributed by atoms with van der Waals surface area (Å²) in [5.41, 5.74) is 2.94. The first-order chi connectivity index (χ1) is 13.4. The van der Waals surface area contributed by atoms with E-state index in [1.54, 1.807) is 12.1 Å². The van der Waals surface area contributed by atoms with Gasteiger partial charge in [0, 0.05) is 25.5 Å². The Morgan fingerprint density at radius 3 is 2.11 bits per heavy atom. The molecule has 0 saturated heterocycles. The molecule has 0 aliphatic heterocycles. The maximum Gasteiger partial charge on any atom is 0.234 e. The van der Waals surface area contributed by atoms with Crippen molar-refractivity contribution in [3.8, 4) is 0 Å². The number of hydrogen-bond acceptors (Lipinski definition) is 6. The summed E-state index contributed by atoms with van der Waals surface area (Å²) >= 11 is 0. The molecular formula is C20H23N5O2S. The average molecular weight is 398 g/mol. The number of benzene rings is 2. The van der Waals surface area contributed by atoms with E-state index >= 15 is 0 Å². The first-order valence-electron chi connectivity index (χ1n) is 8.84. The quantitative estimate of drug-likeness (QED) is 0.607. The average Bonchev–Trinajstić information content (AvgIpc) is 2.69. The van der Waals surface area contributed by atoms with Crippen LogP contribution in [0.25, 0.3) is 0 Å². The van der Waals surface area contributed by atoms with Gasteiger partial charge in [0.25, 0.3) is 0 Å². The van der Waals surface area contributed by atoms with Crippen LogP contribution in [0.15, 0.2) is 66.7 Å². The van der Waals surface area contributed by atoms with Gasteiger partial charge in [-0.15, -0.1) is 10.2 Å². The number of hydrogen-bond donors (Lipinski definition) is 2. The molecule has 0 bridgehead atoms. The van der Waals surface area contributed by atoms with E-state index in [9.17, 15) is 8.42 Å². The van der Waals surface area contributed by atoms with Gasteiger partial charge in [0.1, 0.15) is 0 Å². The molecule has 1 heterocycles. The number of aryl methyl sites for hydroxylation is 1. The Bertz CT molecular complexity index is 989. The van der Waals surface area contributed by atoms with Crippen molar-refractivity contribution in [1.29, 1.82) is 0 Å². The minimum Gasteiger partial charge on any atom is -0.378 e. The van der Waals surface area contributed by atoms with Crippen LogP contribution in [0.2, 0.25) is 0 Å². The fourth-order valence-corrected chi connectivity index (χ4v) is 3.59. The van der Waals surface area contributed by atoms with Gasteiger partial charge in [0.2, 0.25) is 10.0 Å². The van der Waals surface area contributed by atoms with E-state index in [0.717, 1.165) is 16.9 Å². The smallest absolute Gasteiger partial charge is 0.234 e. The molecule has 7 nitrogen and oxygen atoms in total. The van der Waals surface area contributed by atoms with Crippen molar-refractivity contribution in [1.82, 2.24) is 10.2 Å². The third-order valence-corrected chi connectivity index (χ3v) is 5.34. The number of sulfonamides is 1. The minimum absolute atomic E-state index is 0.0169. The van der Waals surface area contributed by atoms with Crippen molar-refractivity contribution < 1.29 is 8.42 Å². The monoisotopic (exact) mass is 397 g/mol. The second kappa shape index (κ2) is 8.71. The molecule has 0 radical (unpaired) electrons. The highest BCUT2D eigenvalue weighted by atomic mass is 32.2. The molecule has 1 aromatic heterocycles. The van der Waals surface area contributed by atoms with Crippen LogP contribution in [0.5, 0.6) is 0 Å². The molecular weight excluding hydrogens is 374 g/mol. The molecule has 0 atom stereocenters. The van der Waals surface area contributed by atoms with E-state index < -0.39 is 10.0 Å². The lowest BCUT2D eigenvalue weighted by Crippen LogP contribution is -2.19. The molecule has 0 aliphatic carbocycles. The lowest BCUT2D eigenvalue weighted by molar-refractivity contribution is 0.600. The van der Waals surface area contributed by atoms with Crippen molar-refractivity contribution in [2.75, 3.05) is 34.8 Å². The van der Waals surface area contributed by atoms with Crippen LogP contribution in [-0.4, -0.2) is 38.5 Å². The van der Waals surface area contributed by atoms with Crippen molar-refractivity contribution in [3.05, 3.63) is 72.3 Å². The molecule has 0 saturated carbocycles. The molecule has 28 heavy (non-hydrogen) atoms. The fraction of sp³-hybridized carbons (Fsp3) is 0.200. The van der Waals surface area contributed by atoms with E-state index in [-0.39, 0.29) is 11.6 Å². The van der Waals surface area contributed by atoms with Crippen LogP contribution in [-0.2, 0) is 16.4 Å². The second-order valence-corrected chi connectivity index (χ2v) is 8.37. The molecule has 3 rings (SSSR count). The molecule has 146 valence electrons. The molecule has 0 spiro atoms. The number of nitrogens with zero attached hydrogens (tertiary/aromatic N) is 3. The Morgan fingerprint density at radius 1 is 0.857 bits per heavy atom. The largest absolute Gasteiger partial charge is 0.378 e. The molecule has 0 fully saturated rings. The lowest BCUT2D eigenvalue weighted by Gasteiger charge is -2.13. The molecule has 0 unspecified atom stereocenters. The van der Waals surface area contributed by atoms with Gasteiger partial charge in [-0.05, 0) is 48.4 Å². The van der Waals surface area contributed by atoms with Gasteiger partial charge >= 0.3 is 0 Å². The van der Waals surface area contributed by atoms with Gasteiger partial charge in [0.05, 0.1) is 5.75 Å². The Kier molecular flexibility index (Phi) is 6.10. The SMILES string of the molecule is CN(C)c1ccc(Nc2ccc(NS(=O)(=O)CCc3ccccc3)nn2)cc1. The Labute approximate surface area is 165 Å². The molecule has 0 aliphatic rings. The van der Waals surface area contributed by atoms with E-state index in [2.05, 4.69) is 20.2 Å². The van der Waals surface area contributed by atoms with Gasteiger partial charge < -0.3 is 10.2 Å². The summed E-state index contributed by atoms with van der Waals surface area (Å²) in [5.74, 6) is 0.711. The molecule has 2 aromatic carbocycles. The van der Waals surface area contributed by atoms with Crippen LogP contribution >= 0.6 is 0 Å². The molecule has 3 aromatic rings. The highest BCUT2D eigenvalue weighted by molar-refractivity contribution is 7.92. The maximum absolute atomic E-state index is 12.2. The van der Waals surface area contributed by atoms with Crippen LogP contribution < -0.4 is 14.9 Å². The van der Waals surface area contributed by atoms with Crippen LogP contribution in [0, 0.1) is 0 Å². The Hall–Kier alpha value is -3.13. The van der Waals surface area contributed by atoms with Gasteiger partial charge in [0.15, 0.2) is 11.6 Å². The number of aromatic nitrogens is 2. The van der Waals surface area contributed by atoms with E-state index in [1.807, 2.05) is 73.6 Å². The predicted molar refractivity (Wildman–Crippen MR) is 114 cm³/mol. The molecule has 0 amide bonds. The van der Waals surface area contributed by atoms with E-state index in [1.165, 1.54) is 0 Å². The van der Waals surface area contributed by atoms with Crippen LogP contribution in [0.3, 0.4) is 0 Å². The van der Waals surface area contributed by atoms with Crippen LogP contribution in [0.1, 0.15) is 5.56 Å². The number of nitrogens with one attached hydrogen (secondary N) is 2. The van der Waals surface area contributed by atoms with E-state index in [4.69, 9.17) is 0 Å². The number of anilines is 4. The first-order valence-corrected chi connectivity index (χ1v) is 10.5. The zero-order valence-corrected chi connectivity index (χ0v) is 16.6. The molecule has 8 heteroatoms. The van der Waals surface area contributed by atoms with Crippen molar-refractivity contribution in [3.63, 3.8) is 0 Å². The topological polar surface area (TPSA) is 87.2 Å². The summed E-state index contributed by atoms with van der Waals surface area (Å²) in [4.78, 5) is 2.02. The first kappa shape index (κ1) is 19.6. The van der Waals surface area contributed by atoms with Gasteiger partial charge in [-0.1, -0.05) is 30.3 Å². The van der Waals surface area contributed by atoms with Crippen molar-refractivity contribution in [2.45, 2.75) is 6.42 Å². The summed E-state index contributed by atoms with van der Waals surface area (Å²) < 4.78 is 26.9.